The van der Waals surface area contributed by atoms with Crippen LogP contribution in [-0.4, -0.2) is 292 Å². The molecule has 3 aromatic rings. The number of rotatable bonds is 56. The van der Waals surface area contributed by atoms with E-state index in [0.29, 0.717) is 170 Å². The molecule has 0 bridgehead atoms. The molecule has 1 amide bonds. The van der Waals surface area contributed by atoms with Gasteiger partial charge in [0, 0.05) is 73.5 Å². The van der Waals surface area contributed by atoms with Crippen LogP contribution in [0.4, 0.5) is 0 Å². The van der Waals surface area contributed by atoms with Gasteiger partial charge >= 0.3 is 11.9 Å². The molecule has 31 nitrogen and oxygen atoms in total. The van der Waals surface area contributed by atoms with Gasteiger partial charge in [0.1, 0.15) is 39.6 Å². The molecule has 0 saturated carbocycles. The number of thioether (sulfide) groups is 4. The molecule has 0 saturated heterocycles. The Kier molecular flexibility index (Phi) is 64.2. The zero-order chi connectivity index (χ0) is 76.5. The lowest BCUT2D eigenvalue weighted by molar-refractivity contribution is -0.109. The van der Waals surface area contributed by atoms with E-state index in [1.807, 2.05) is 0 Å². The number of benzene rings is 3. The van der Waals surface area contributed by atoms with Gasteiger partial charge in [0.2, 0.25) is 11.5 Å². The largest absolute Gasteiger partial charge is 0.504 e. The SMILES string of the molecule is CC(=O)SCCOCCOCCOCCOCCO.COC(=O)c1cc(O)c(O)c(O)c1.COC(=O)c1cc(OCCOCCSC(C)=O)c(OCCOCCSC(C)=O)c(OCCOCCSC(C)=O)c1.NNC(=O)c1cc(OCCOCCS)c(OCCOCCS)c(OCCOCCS)c1. The Balaban J connectivity index is 0.00000145. The molecule has 38 heteroatoms. The van der Waals surface area contributed by atoms with Crippen LogP contribution < -0.4 is 39.7 Å². The van der Waals surface area contributed by atoms with Crippen molar-refractivity contribution in [1.29, 1.82) is 0 Å². The molecule has 588 valence electrons. The number of hydrazine groups is 1. The van der Waals surface area contributed by atoms with Gasteiger partial charge in [-0.2, -0.15) is 37.9 Å². The number of carbonyl (C=O) groups is 7. The van der Waals surface area contributed by atoms with Crippen molar-refractivity contribution < 1.29 is 139 Å². The minimum absolute atomic E-state index is 0.0238. The van der Waals surface area contributed by atoms with Crippen molar-refractivity contribution in [1.82, 2.24) is 5.43 Å². The van der Waals surface area contributed by atoms with Crippen molar-refractivity contribution in [2.24, 2.45) is 5.84 Å². The van der Waals surface area contributed by atoms with Gasteiger partial charge in [-0.05, 0) is 36.4 Å². The lowest BCUT2D eigenvalue weighted by Crippen LogP contribution is -2.30. The molecular weight excluding hydrogens is 1500 g/mol. The third-order valence-electron chi connectivity index (χ3n) is 11.4. The van der Waals surface area contributed by atoms with Gasteiger partial charge < -0.3 is 106 Å². The summed E-state index contributed by atoms with van der Waals surface area (Å²) in [4.78, 5) is 79.0. The number of amides is 1. The number of aromatic hydroxyl groups is 3. The second-order valence-electron chi connectivity index (χ2n) is 19.4. The Labute approximate surface area is 635 Å². The monoisotopic (exact) mass is 1600 g/mol. The minimum Gasteiger partial charge on any atom is -0.504 e. The van der Waals surface area contributed by atoms with Crippen LogP contribution in [0.15, 0.2) is 36.4 Å². The Morgan fingerprint density at radius 2 is 0.602 bits per heavy atom. The lowest BCUT2D eigenvalue weighted by atomic mass is 10.1. The van der Waals surface area contributed by atoms with Crippen LogP contribution >= 0.6 is 84.9 Å². The predicted octanol–water partition coefficient (Wildman–Crippen LogP) is 5.68. The zero-order valence-corrected chi connectivity index (χ0v) is 65.0. The van der Waals surface area contributed by atoms with Gasteiger partial charge in [-0.3, -0.25) is 29.4 Å². The van der Waals surface area contributed by atoms with Gasteiger partial charge in [0.05, 0.1) is 164 Å². The number of phenols is 3. The van der Waals surface area contributed by atoms with Crippen molar-refractivity contribution in [2.75, 3.05) is 233 Å². The summed E-state index contributed by atoms with van der Waals surface area (Å²) >= 11 is 17.1. The number of aliphatic hydroxyl groups is 1. The molecule has 0 atom stereocenters. The summed E-state index contributed by atoms with van der Waals surface area (Å²) in [6, 6.07) is 8.07. The molecule has 0 aliphatic heterocycles. The lowest BCUT2D eigenvalue weighted by Gasteiger charge is -2.18. The number of nitrogens with two attached hydrogens (primary N) is 1. The zero-order valence-electron chi connectivity index (χ0n) is 59.1. The number of thiol groups is 3. The van der Waals surface area contributed by atoms with Crippen molar-refractivity contribution in [3.05, 3.63) is 53.1 Å². The van der Waals surface area contributed by atoms with E-state index in [2.05, 4.69) is 48.0 Å². The number of ether oxygens (including phenoxy) is 18. The molecule has 0 radical (unpaired) electrons. The molecular formula is C65H102N2O29S7. The third kappa shape index (κ3) is 53.4. The summed E-state index contributed by atoms with van der Waals surface area (Å²) in [6.45, 7) is 15.8. The van der Waals surface area contributed by atoms with Crippen molar-refractivity contribution in [3.63, 3.8) is 0 Å². The molecule has 103 heavy (non-hydrogen) atoms. The fourth-order valence-corrected chi connectivity index (χ4v) is 9.36. The molecule has 7 N–H and O–H groups in total. The maximum atomic E-state index is 12.3. The summed E-state index contributed by atoms with van der Waals surface area (Å²) in [5, 5.41) is 35.6. The van der Waals surface area contributed by atoms with E-state index in [-0.39, 0.29) is 120 Å². The van der Waals surface area contributed by atoms with Gasteiger partial charge in [-0.15, -0.1) is 0 Å². The average Bonchev–Trinajstić information content (AvgIpc) is 1.27. The Morgan fingerprint density at radius 3 is 0.864 bits per heavy atom. The van der Waals surface area contributed by atoms with Crippen molar-refractivity contribution >= 4 is 123 Å². The number of esters is 2. The fourth-order valence-electron chi connectivity index (χ4n) is 7.01. The van der Waals surface area contributed by atoms with Crippen LogP contribution in [0.25, 0.3) is 0 Å². The Hall–Kier alpha value is -5.08. The molecule has 0 aromatic heterocycles. The van der Waals surface area contributed by atoms with Gasteiger partial charge in [-0.1, -0.05) is 47.0 Å². The highest BCUT2D eigenvalue weighted by atomic mass is 32.2. The molecule has 0 unspecified atom stereocenters. The smallest absolute Gasteiger partial charge is 0.338 e. The van der Waals surface area contributed by atoms with E-state index < -0.39 is 35.1 Å². The molecule has 0 aliphatic carbocycles. The maximum absolute atomic E-state index is 12.3. The maximum Gasteiger partial charge on any atom is 0.338 e. The predicted molar refractivity (Wildman–Crippen MR) is 401 cm³/mol. The summed E-state index contributed by atoms with van der Waals surface area (Å²) < 4.78 is 97.9. The molecule has 0 heterocycles. The average molecular weight is 1600 g/mol. The number of nitrogens with one attached hydrogen (secondary N) is 1. The van der Waals surface area contributed by atoms with Crippen LogP contribution in [0.5, 0.6) is 51.7 Å². The summed E-state index contributed by atoms with van der Waals surface area (Å²) in [7, 11) is 2.44. The number of aliphatic hydroxyl groups excluding tert-OH is 1. The van der Waals surface area contributed by atoms with E-state index in [0.717, 1.165) is 12.1 Å². The van der Waals surface area contributed by atoms with E-state index in [1.165, 1.54) is 106 Å². The molecule has 3 aromatic carbocycles. The van der Waals surface area contributed by atoms with Crippen LogP contribution in [0.2, 0.25) is 0 Å². The number of carbonyl (C=O) groups excluding carboxylic acids is 7. The summed E-state index contributed by atoms with van der Waals surface area (Å²) in [5.41, 5.74) is 2.54. The molecule has 0 aliphatic rings. The first kappa shape index (κ1) is 97.9. The number of hydrogen-bond donors (Lipinski definition) is 9. The fraction of sp³-hybridized carbons (Fsp3) is 0.615. The summed E-state index contributed by atoms with van der Waals surface area (Å²) in [6.07, 6.45) is 0. The second-order valence-corrected chi connectivity index (χ2v) is 25.8. The number of methoxy groups -OCH3 is 2. The quantitative estimate of drug-likeness (QED) is 0.00624. The standard InChI is InChI=1S/C26H38O11S3.C19H32N2O7S3.C12H24O6S.C8H8O5/c1-19(27)38-14-11-32-5-8-35-23-17-22(26(30)31-4)18-24(36-9-6-33-12-15-39-20(2)28)25(23)37-10-7-34-13-16-40-21(3)29;20-21-19(22)15-13-16(26-4-1-23-7-10-29)18(28-6-3-25-9-12-31)17(14-15)27-5-2-24-8-11-30;1-12(14)19-11-10-18-9-8-17-7-6-16-5-4-15-3-2-13;1-13-8(12)4-2-5(9)7(11)6(10)3-4/h17-18H,5-16H2,1-4H3;13-14,29-31H,1-12,20H2,(H,21,22);13H,2-11H2,1H3;2-3,9-11H,1H3. The number of hydrogen-bond acceptors (Lipinski definition) is 37. The van der Waals surface area contributed by atoms with Gasteiger partial charge in [0.25, 0.3) is 5.91 Å². The van der Waals surface area contributed by atoms with E-state index in [4.69, 9.17) is 107 Å². The van der Waals surface area contributed by atoms with Gasteiger partial charge in [-0.25, -0.2) is 15.4 Å². The first-order valence-electron chi connectivity index (χ1n) is 32.0. The second kappa shape index (κ2) is 67.5. The number of phenolic OH excluding ortho intramolecular Hbond substituents is 3. The Morgan fingerprint density at radius 1 is 0.359 bits per heavy atom. The van der Waals surface area contributed by atoms with E-state index in [1.54, 1.807) is 6.92 Å². The van der Waals surface area contributed by atoms with Crippen molar-refractivity contribution in [2.45, 2.75) is 27.7 Å². The first-order chi connectivity index (χ1) is 49.7. The highest BCUT2D eigenvalue weighted by molar-refractivity contribution is 8.14. The van der Waals surface area contributed by atoms with E-state index >= 15 is 0 Å². The number of nitrogen functional groups attached to an aromatic ring is 1. The third-order valence-corrected chi connectivity index (χ3v) is 15.1. The molecule has 0 spiro atoms. The molecule has 0 fully saturated rings. The van der Waals surface area contributed by atoms with Gasteiger partial charge in [0.15, 0.2) is 60.7 Å². The van der Waals surface area contributed by atoms with Crippen LogP contribution in [0.1, 0.15) is 58.8 Å². The van der Waals surface area contributed by atoms with Crippen LogP contribution in [0.3, 0.4) is 0 Å². The first-order valence-corrected chi connectivity index (χ1v) is 37.9. The Bertz CT molecular complexity index is 2680. The van der Waals surface area contributed by atoms with E-state index in [9.17, 15) is 33.6 Å². The minimum atomic E-state index is -0.703. The molecule has 3 rings (SSSR count). The summed E-state index contributed by atoms with van der Waals surface area (Å²) in [5.74, 6) is 7.66. The topological polar surface area (TPSA) is 405 Å². The normalized spacial score (nSPS) is 10.6. The highest BCUT2D eigenvalue weighted by Crippen LogP contribution is 2.41. The van der Waals surface area contributed by atoms with Crippen molar-refractivity contribution in [3.8, 4) is 51.7 Å². The highest BCUT2D eigenvalue weighted by Gasteiger charge is 2.22. The van der Waals surface area contributed by atoms with Crippen LogP contribution in [-0.2, 0) is 76.0 Å². The van der Waals surface area contributed by atoms with Crippen LogP contribution in [0, 0.1) is 0 Å².